The Balaban J connectivity index is 1.93. The molecule has 6 heteroatoms. The standard InChI is InChI=1S/C15H24N4OS/c1-15(2)11-19(7-8-21-15)14(16-3)18-10-12-5-6-13(20-4)17-9-12/h5-6,9H,7-8,10-11H2,1-4H3,(H,16,18). The second kappa shape index (κ2) is 7.02. The van der Waals surface area contributed by atoms with Gasteiger partial charge in [-0.3, -0.25) is 4.99 Å². The van der Waals surface area contributed by atoms with Gasteiger partial charge in [-0.15, -0.1) is 0 Å². The summed E-state index contributed by atoms with van der Waals surface area (Å²) in [7, 11) is 3.46. The summed E-state index contributed by atoms with van der Waals surface area (Å²) in [6.07, 6.45) is 1.83. The molecule has 0 amide bonds. The maximum Gasteiger partial charge on any atom is 0.212 e. The highest BCUT2D eigenvalue weighted by Crippen LogP contribution is 2.29. The summed E-state index contributed by atoms with van der Waals surface area (Å²) < 4.78 is 5.34. The first-order valence-corrected chi connectivity index (χ1v) is 8.11. The summed E-state index contributed by atoms with van der Waals surface area (Å²) in [6, 6.07) is 3.89. The van der Waals surface area contributed by atoms with Gasteiger partial charge < -0.3 is 15.0 Å². The zero-order chi connectivity index (χ0) is 15.3. The molecule has 0 aliphatic carbocycles. The van der Waals surface area contributed by atoms with Crippen LogP contribution in [0.4, 0.5) is 0 Å². The van der Waals surface area contributed by atoms with E-state index in [9.17, 15) is 0 Å². The third-order valence-electron chi connectivity index (χ3n) is 3.39. The van der Waals surface area contributed by atoms with E-state index in [1.807, 2.05) is 37.1 Å². The minimum absolute atomic E-state index is 0.275. The molecule has 2 rings (SSSR count). The number of aromatic nitrogens is 1. The van der Waals surface area contributed by atoms with Gasteiger partial charge in [-0.1, -0.05) is 6.07 Å². The molecule has 2 heterocycles. The predicted molar refractivity (Wildman–Crippen MR) is 89.1 cm³/mol. The van der Waals surface area contributed by atoms with Gasteiger partial charge in [-0.05, 0) is 19.4 Å². The quantitative estimate of drug-likeness (QED) is 0.683. The van der Waals surface area contributed by atoms with E-state index in [4.69, 9.17) is 4.74 Å². The zero-order valence-corrected chi connectivity index (χ0v) is 14.0. The fourth-order valence-corrected chi connectivity index (χ4v) is 3.46. The van der Waals surface area contributed by atoms with Crippen LogP contribution in [0.5, 0.6) is 5.88 Å². The summed E-state index contributed by atoms with van der Waals surface area (Å²) >= 11 is 2.02. The number of nitrogens with zero attached hydrogens (tertiary/aromatic N) is 3. The van der Waals surface area contributed by atoms with Crippen LogP contribution in [0.15, 0.2) is 23.3 Å². The Bertz CT molecular complexity index is 487. The highest BCUT2D eigenvalue weighted by Gasteiger charge is 2.28. The van der Waals surface area contributed by atoms with Crippen LogP contribution in [0.1, 0.15) is 19.4 Å². The molecule has 21 heavy (non-hydrogen) atoms. The van der Waals surface area contributed by atoms with Crippen molar-refractivity contribution in [2.24, 2.45) is 4.99 Å². The van der Waals surface area contributed by atoms with Gasteiger partial charge in [0.1, 0.15) is 0 Å². The lowest BCUT2D eigenvalue weighted by molar-refractivity contribution is 0.375. The average Bonchev–Trinajstić information content (AvgIpc) is 2.47. The molecule has 116 valence electrons. The molecule has 1 saturated heterocycles. The minimum atomic E-state index is 0.275. The number of pyridine rings is 1. The predicted octanol–water partition coefficient (Wildman–Crippen LogP) is 1.99. The van der Waals surface area contributed by atoms with Crippen molar-refractivity contribution >= 4 is 17.7 Å². The average molecular weight is 308 g/mol. The van der Waals surface area contributed by atoms with Crippen LogP contribution in [-0.4, -0.2) is 53.6 Å². The highest BCUT2D eigenvalue weighted by atomic mass is 32.2. The number of thioether (sulfide) groups is 1. The molecule has 1 aromatic rings. The molecule has 0 saturated carbocycles. The van der Waals surface area contributed by atoms with E-state index in [0.717, 1.165) is 30.4 Å². The Labute approximate surface area is 131 Å². The monoisotopic (exact) mass is 308 g/mol. The number of ether oxygens (including phenoxy) is 1. The van der Waals surface area contributed by atoms with Gasteiger partial charge in [0.05, 0.1) is 7.11 Å². The number of aliphatic imine (C=N–C) groups is 1. The molecule has 0 radical (unpaired) electrons. The maximum atomic E-state index is 5.07. The van der Waals surface area contributed by atoms with Crippen molar-refractivity contribution in [3.63, 3.8) is 0 Å². The molecule has 1 aliphatic rings. The molecule has 1 aromatic heterocycles. The van der Waals surface area contributed by atoms with Crippen molar-refractivity contribution in [1.29, 1.82) is 0 Å². The lowest BCUT2D eigenvalue weighted by Gasteiger charge is -2.39. The van der Waals surface area contributed by atoms with Crippen LogP contribution in [0.3, 0.4) is 0 Å². The second-order valence-electron chi connectivity index (χ2n) is 5.64. The van der Waals surface area contributed by atoms with Gasteiger partial charge >= 0.3 is 0 Å². The van der Waals surface area contributed by atoms with Gasteiger partial charge in [0, 0.05) is 49.4 Å². The van der Waals surface area contributed by atoms with Gasteiger partial charge in [-0.25, -0.2) is 4.98 Å². The summed E-state index contributed by atoms with van der Waals surface area (Å²) in [6.45, 7) is 7.33. The number of nitrogens with one attached hydrogen (secondary N) is 1. The Morgan fingerprint density at radius 3 is 2.90 bits per heavy atom. The molecule has 0 spiro atoms. The molecule has 0 aromatic carbocycles. The molecule has 1 fully saturated rings. The van der Waals surface area contributed by atoms with Gasteiger partial charge in [-0.2, -0.15) is 11.8 Å². The van der Waals surface area contributed by atoms with E-state index in [2.05, 4.69) is 34.0 Å². The SMILES string of the molecule is CN=C(NCc1ccc(OC)nc1)N1CCSC(C)(C)C1. The van der Waals surface area contributed by atoms with Crippen LogP contribution in [0, 0.1) is 0 Å². The minimum Gasteiger partial charge on any atom is -0.481 e. The van der Waals surface area contributed by atoms with Crippen molar-refractivity contribution in [3.8, 4) is 5.88 Å². The first-order chi connectivity index (χ1) is 10.0. The normalized spacial score (nSPS) is 18.5. The van der Waals surface area contributed by atoms with E-state index in [1.54, 1.807) is 7.11 Å². The fraction of sp³-hybridized carbons (Fsp3) is 0.600. The van der Waals surface area contributed by atoms with Gasteiger partial charge in [0.25, 0.3) is 0 Å². The zero-order valence-electron chi connectivity index (χ0n) is 13.2. The maximum absolute atomic E-state index is 5.07. The van der Waals surface area contributed by atoms with Crippen LogP contribution < -0.4 is 10.1 Å². The summed E-state index contributed by atoms with van der Waals surface area (Å²) in [5.74, 6) is 2.73. The number of methoxy groups -OCH3 is 1. The topological polar surface area (TPSA) is 49.8 Å². The largest absolute Gasteiger partial charge is 0.481 e. The van der Waals surface area contributed by atoms with Crippen molar-refractivity contribution in [3.05, 3.63) is 23.9 Å². The van der Waals surface area contributed by atoms with E-state index >= 15 is 0 Å². The summed E-state index contributed by atoms with van der Waals surface area (Å²) in [5, 5.41) is 3.42. The Hall–Kier alpha value is -1.43. The third-order valence-corrected chi connectivity index (χ3v) is 4.69. The van der Waals surface area contributed by atoms with Crippen molar-refractivity contribution in [2.75, 3.05) is 33.0 Å². The lowest BCUT2D eigenvalue weighted by Crippen LogP contribution is -2.50. The van der Waals surface area contributed by atoms with Crippen molar-refractivity contribution in [2.45, 2.75) is 25.1 Å². The smallest absolute Gasteiger partial charge is 0.212 e. The number of hydrogen-bond donors (Lipinski definition) is 1. The first-order valence-electron chi connectivity index (χ1n) is 7.12. The Kier molecular flexibility index (Phi) is 5.33. The Morgan fingerprint density at radius 1 is 1.52 bits per heavy atom. The highest BCUT2D eigenvalue weighted by molar-refractivity contribution is 8.00. The van der Waals surface area contributed by atoms with Crippen LogP contribution in [-0.2, 0) is 6.54 Å². The fourth-order valence-electron chi connectivity index (χ4n) is 2.35. The van der Waals surface area contributed by atoms with Crippen LogP contribution in [0.2, 0.25) is 0 Å². The number of guanidine groups is 1. The summed E-state index contributed by atoms with van der Waals surface area (Å²) in [4.78, 5) is 10.9. The van der Waals surface area contributed by atoms with Crippen molar-refractivity contribution in [1.82, 2.24) is 15.2 Å². The van der Waals surface area contributed by atoms with E-state index in [1.165, 1.54) is 0 Å². The molecule has 1 aliphatic heterocycles. The molecular weight excluding hydrogens is 284 g/mol. The lowest BCUT2D eigenvalue weighted by atomic mass is 10.2. The van der Waals surface area contributed by atoms with E-state index in [0.29, 0.717) is 12.4 Å². The number of hydrogen-bond acceptors (Lipinski definition) is 4. The molecule has 5 nitrogen and oxygen atoms in total. The molecule has 0 bridgehead atoms. The van der Waals surface area contributed by atoms with Crippen molar-refractivity contribution < 1.29 is 4.74 Å². The molecular formula is C15H24N4OS. The molecule has 0 unspecified atom stereocenters. The van der Waals surface area contributed by atoms with E-state index in [-0.39, 0.29) is 4.75 Å². The second-order valence-corrected chi connectivity index (χ2v) is 7.44. The first kappa shape index (κ1) is 15.9. The third kappa shape index (κ3) is 4.52. The summed E-state index contributed by atoms with van der Waals surface area (Å²) in [5.41, 5.74) is 1.11. The molecule has 1 N–H and O–H groups in total. The van der Waals surface area contributed by atoms with Gasteiger partial charge in [0.15, 0.2) is 5.96 Å². The van der Waals surface area contributed by atoms with Crippen LogP contribution in [0.25, 0.3) is 0 Å². The van der Waals surface area contributed by atoms with E-state index < -0.39 is 0 Å². The number of rotatable bonds is 3. The Morgan fingerprint density at radius 2 is 2.33 bits per heavy atom. The van der Waals surface area contributed by atoms with Gasteiger partial charge in [0.2, 0.25) is 5.88 Å². The van der Waals surface area contributed by atoms with Crippen LogP contribution >= 0.6 is 11.8 Å². The molecule has 0 atom stereocenters.